The summed E-state index contributed by atoms with van der Waals surface area (Å²) in [4.78, 5) is 36.9. The topological polar surface area (TPSA) is 107 Å². The maximum absolute atomic E-state index is 13.5. The number of carbonyl (C=O) groups is 2. The molecule has 4 aromatic heterocycles. The van der Waals surface area contributed by atoms with Gasteiger partial charge in [-0.1, -0.05) is 50.2 Å². The van der Waals surface area contributed by atoms with Crippen LogP contribution in [-0.2, 0) is 22.6 Å². The summed E-state index contributed by atoms with van der Waals surface area (Å²) in [6.45, 7) is 6.48. The van der Waals surface area contributed by atoms with Gasteiger partial charge in [0.2, 0.25) is 0 Å². The first kappa shape index (κ1) is 40.1. The van der Waals surface area contributed by atoms with Crippen LogP contribution in [0.15, 0.2) is 109 Å². The first-order chi connectivity index (χ1) is 29.4. The average Bonchev–Trinajstić information content (AvgIpc) is 3.78. The second-order valence-corrected chi connectivity index (χ2v) is 15.0. The number of pyridine rings is 2. The minimum Gasteiger partial charge on any atom is -0.497 e. The molecule has 0 saturated heterocycles. The van der Waals surface area contributed by atoms with Crippen LogP contribution < -0.4 is 9.47 Å². The Morgan fingerprint density at radius 2 is 0.917 bits per heavy atom. The van der Waals surface area contributed by atoms with Crippen molar-refractivity contribution in [3.05, 3.63) is 121 Å². The lowest BCUT2D eigenvalue weighted by atomic mass is 10.1. The van der Waals surface area contributed by atoms with Crippen molar-refractivity contribution in [2.24, 2.45) is 0 Å². The van der Waals surface area contributed by atoms with Crippen molar-refractivity contribution in [1.82, 2.24) is 19.1 Å². The summed E-state index contributed by atoms with van der Waals surface area (Å²) < 4.78 is 27.0. The normalized spacial score (nSPS) is 11.5. The quantitative estimate of drug-likeness (QED) is 0.0662. The average molecular weight is 803 g/mol. The fourth-order valence-corrected chi connectivity index (χ4v) is 8.20. The Morgan fingerprint density at radius 3 is 1.30 bits per heavy atom. The summed E-state index contributed by atoms with van der Waals surface area (Å²) in [7, 11) is 3.28. The first-order valence-corrected chi connectivity index (χ1v) is 20.9. The van der Waals surface area contributed by atoms with E-state index in [1.165, 1.54) is 0 Å². The van der Waals surface area contributed by atoms with E-state index in [2.05, 4.69) is 47.2 Å². The number of fused-ring (bicyclic) bond motifs is 6. The van der Waals surface area contributed by atoms with Crippen LogP contribution in [0.4, 0.5) is 0 Å². The number of esters is 2. The summed E-state index contributed by atoms with van der Waals surface area (Å²) in [5.74, 6) is 0.589. The lowest BCUT2D eigenvalue weighted by molar-refractivity contribution is 0.0467. The van der Waals surface area contributed by atoms with Gasteiger partial charge in [0.15, 0.2) is 0 Å². The molecule has 0 atom stereocenters. The second-order valence-electron chi connectivity index (χ2n) is 15.0. The molecule has 8 aromatic rings. The number of aryl methyl sites for hydroxylation is 2. The summed E-state index contributed by atoms with van der Waals surface area (Å²) in [5.41, 5.74) is 8.00. The Kier molecular flexibility index (Phi) is 12.1. The molecule has 0 radical (unpaired) electrons. The molecular weight excluding hydrogens is 753 g/mol. The van der Waals surface area contributed by atoms with Crippen molar-refractivity contribution in [2.45, 2.75) is 65.5 Å². The summed E-state index contributed by atoms with van der Waals surface area (Å²) in [6, 6.07) is 35.8. The molecule has 0 bridgehead atoms. The van der Waals surface area contributed by atoms with Crippen LogP contribution in [-0.4, -0.2) is 58.5 Å². The first-order valence-electron chi connectivity index (χ1n) is 20.9. The van der Waals surface area contributed by atoms with E-state index >= 15 is 0 Å². The molecule has 8 rings (SSSR count). The molecule has 0 N–H and O–H groups in total. The molecule has 306 valence electrons. The van der Waals surface area contributed by atoms with E-state index in [0.29, 0.717) is 12.8 Å². The van der Waals surface area contributed by atoms with E-state index in [1.807, 2.05) is 84.9 Å². The molecule has 0 aliphatic rings. The number of nitrogens with zero attached hydrogens (tertiary/aromatic N) is 4. The number of unbranched alkanes of at least 4 members (excludes halogenated alkanes) is 3. The molecule has 10 nitrogen and oxygen atoms in total. The van der Waals surface area contributed by atoms with Crippen LogP contribution in [0.25, 0.3) is 66.1 Å². The van der Waals surface area contributed by atoms with E-state index in [0.717, 1.165) is 116 Å². The van der Waals surface area contributed by atoms with Crippen molar-refractivity contribution in [2.75, 3.05) is 27.4 Å². The zero-order valence-corrected chi connectivity index (χ0v) is 34.7. The Hall–Kier alpha value is -6.68. The monoisotopic (exact) mass is 802 g/mol. The maximum Gasteiger partial charge on any atom is 0.356 e. The van der Waals surface area contributed by atoms with Crippen LogP contribution >= 0.6 is 0 Å². The van der Waals surface area contributed by atoms with Crippen molar-refractivity contribution in [3.8, 4) is 34.0 Å². The molecule has 0 saturated carbocycles. The number of aromatic nitrogens is 4. The zero-order valence-electron chi connectivity index (χ0n) is 34.7. The number of ether oxygens (including phenoxy) is 4. The zero-order chi connectivity index (χ0) is 41.6. The van der Waals surface area contributed by atoms with E-state index in [4.69, 9.17) is 28.9 Å². The van der Waals surface area contributed by atoms with Crippen LogP contribution in [0.3, 0.4) is 0 Å². The molecule has 0 aliphatic heterocycles. The predicted molar refractivity (Wildman–Crippen MR) is 238 cm³/mol. The van der Waals surface area contributed by atoms with Gasteiger partial charge in [0.25, 0.3) is 0 Å². The highest BCUT2D eigenvalue weighted by molar-refractivity contribution is 6.14. The van der Waals surface area contributed by atoms with Gasteiger partial charge in [-0.15, -0.1) is 0 Å². The SMILES string of the molecule is CCCn1c2ccccc2c2cc(C(=O)OCCCCCCOC(=O)c3cc4c5ccccc5n(CCC)c4c(-c4ccc(OC)cc4)n3)nc(-c3ccc(OC)cc3)c21. The van der Waals surface area contributed by atoms with Crippen molar-refractivity contribution < 1.29 is 28.5 Å². The number of methoxy groups -OCH3 is 2. The summed E-state index contributed by atoms with van der Waals surface area (Å²) in [6.07, 6.45) is 4.87. The minimum atomic E-state index is -0.454. The smallest absolute Gasteiger partial charge is 0.356 e. The summed E-state index contributed by atoms with van der Waals surface area (Å²) in [5, 5.41) is 4.08. The largest absolute Gasteiger partial charge is 0.497 e. The number of hydrogen-bond donors (Lipinski definition) is 0. The fraction of sp³-hybridized carbons (Fsp3) is 0.280. The Balaban J connectivity index is 0.915. The van der Waals surface area contributed by atoms with E-state index in [-0.39, 0.29) is 24.6 Å². The van der Waals surface area contributed by atoms with E-state index < -0.39 is 11.9 Å². The molecular formula is C50H50N4O6. The standard InChI is InChI=1S/C50H50N4O6/c1-5-27-53-43-17-11-9-15-37(43)39-31-41(51-45(47(39)53)33-19-23-35(57-3)24-20-33)49(55)59-29-13-7-8-14-30-60-50(56)42-32-40-38-16-10-12-18-44(38)54(28-6-2)48(40)46(52-42)34-21-25-36(58-4)26-22-34/h9-12,15-26,31-32H,5-8,13-14,27-30H2,1-4H3. The van der Waals surface area contributed by atoms with Crippen molar-refractivity contribution >= 4 is 55.6 Å². The molecule has 0 spiro atoms. The van der Waals surface area contributed by atoms with Crippen molar-refractivity contribution in [3.63, 3.8) is 0 Å². The predicted octanol–water partition coefficient (Wildman–Crippen LogP) is 11.4. The number of rotatable bonds is 17. The van der Waals surface area contributed by atoms with Crippen LogP contribution in [0, 0.1) is 0 Å². The molecule has 0 amide bonds. The van der Waals surface area contributed by atoms with Gasteiger partial charge in [0.1, 0.15) is 22.9 Å². The summed E-state index contributed by atoms with van der Waals surface area (Å²) >= 11 is 0. The third kappa shape index (κ3) is 7.89. The third-order valence-electron chi connectivity index (χ3n) is 11.0. The lowest BCUT2D eigenvalue weighted by Gasteiger charge is -2.12. The molecule has 10 heteroatoms. The Labute approximate surface area is 349 Å². The fourth-order valence-electron chi connectivity index (χ4n) is 8.20. The number of hydrogen-bond acceptors (Lipinski definition) is 8. The molecule has 0 fully saturated rings. The highest BCUT2D eigenvalue weighted by Crippen LogP contribution is 2.38. The second kappa shape index (κ2) is 18.1. The van der Waals surface area contributed by atoms with E-state index in [1.54, 1.807) is 14.2 Å². The molecule has 60 heavy (non-hydrogen) atoms. The Bertz CT molecular complexity index is 2610. The van der Waals surface area contributed by atoms with Gasteiger partial charge in [0, 0.05) is 56.8 Å². The van der Waals surface area contributed by atoms with Gasteiger partial charge in [-0.05, 0) is 111 Å². The highest BCUT2D eigenvalue weighted by atomic mass is 16.5. The molecule has 4 heterocycles. The van der Waals surface area contributed by atoms with E-state index in [9.17, 15) is 9.59 Å². The number of benzene rings is 4. The van der Waals surface area contributed by atoms with Gasteiger partial charge in [-0.25, -0.2) is 19.6 Å². The lowest BCUT2D eigenvalue weighted by Crippen LogP contribution is -2.11. The number of carbonyl (C=O) groups excluding carboxylic acids is 2. The minimum absolute atomic E-state index is 0.261. The number of para-hydroxylation sites is 2. The molecule has 0 unspecified atom stereocenters. The van der Waals surface area contributed by atoms with Gasteiger partial charge >= 0.3 is 11.9 Å². The highest BCUT2D eigenvalue weighted by Gasteiger charge is 2.23. The third-order valence-corrected chi connectivity index (χ3v) is 11.0. The van der Waals surface area contributed by atoms with Gasteiger partial charge in [0.05, 0.1) is 49.9 Å². The van der Waals surface area contributed by atoms with Gasteiger partial charge in [-0.3, -0.25) is 0 Å². The van der Waals surface area contributed by atoms with Crippen molar-refractivity contribution in [1.29, 1.82) is 0 Å². The maximum atomic E-state index is 13.5. The molecule has 4 aromatic carbocycles. The van der Waals surface area contributed by atoms with Gasteiger partial charge < -0.3 is 28.1 Å². The van der Waals surface area contributed by atoms with Crippen LogP contribution in [0.1, 0.15) is 73.3 Å². The van der Waals surface area contributed by atoms with Crippen LogP contribution in [0.5, 0.6) is 11.5 Å². The molecule has 0 aliphatic carbocycles. The van der Waals surface area contributed by atoms with Gasteiger partial charge in [-0.2, -0.15) is 0 Å². The Morgan fingerprint density at radius 1 is 0.517 bits per heavy atom. The van der Waals surface area contributed by atoms with Crippen LogP contribution in [0.2, 0.25) is 0 Å².